The molecule has 8 nitrogen and oxygen atoms in total. The van der Waals surface area contributed by atoms with Crippen molar-refractivity contribution < 1.29 is 13.9 Å². The number of hydrogen-bond acceptors (Lipinski definition) is 6. The number of fused-ring (bicyclic) bond motifs is 1. The summed E-state index contributed by atoms with van der Waals surface area (Å²) in [7, 11) is 1.57. The van der Waals surface area contributed by atoms with Gasteiger partial charge in [-0.15, -0.1) is 0 Å². The second-order valence-electron chi connectivity index (χ2n) is 8.08. The molecule has 0 radical (unpaired) electrons. The van der Waals surface area contributed by atoms with E-state index in [1.165, 1.54) is 6.26 Å². The van der Waals surface area contributed by atoms with Crippen molar-refractivity contribution in [3.05, 3.63) is 65.8 Å². The molecule has 0 unspecified atom stereocenters. The topological polar surface area (TPSA) is 93.7 Å². The molecule has 4 heterocycles. The highest BCUT2D eigenvalue weighted by molar-refractivity contribution is 6.04. The fourth-order valence-corrected chi connectivity index (χ4v) is 4.09. The van der Waals surface area contributed by atoms with Crippen LogP contribution in [0.4, 0.5) is 5.69 Å². The van der Waals surface area contributed by atoms with Crippen LogP contribution in [0.5, 0.6) is 5.75 Å². The Bertz CT molecular complexity index is 1270. The van der Waals surface area contributed by atoms with Crippen LogP contribution >= 0.6 is 0 Å². The van der Waals surface area contributed by atoms with E-state index in [1.54, 1.807) is 17.8 Å². The smallest absolute Gasteiger partial charge is 0.277 e. The van der Waals surface area contributed by atoms with E-state index in [9.17, 15) is 4.79 Å². The van der Waals surface area contributed by atoms with E-state index >= 15 is 0 Å². The molecule has 5 rings (SSSR count). The van der Waals surface area contributed by atoms with Crippen LogP contribution in [0.25, 0.3) is 17.0 Å². The van der Waals surface area contributed by atoms with Crippen molar-refractivity contribution in [3.63, 3.8) is 0 Å². The molecule has 1 fully saturated rings. The third kappa shape index (κ3) is 3.97. The van der Waals surface area contributed by atoms with E-state index in [1.807, 2.05) is 37.3 Å². The molecule has 1 aliphatic rings. The summed E-state index contributed by atoms with van der Waals surface area (Å²) in [5.41, 5.74) is 4.64. The molecule has 0 saturated carbocycles. The predicted molar refractivity (Wildman–Crippen MR) is 121 cm³/mol. The Kier molecular flexibility index (Phi) is 5.36. The van der Waals surface area contributed by atoms with E-state index < -0.39 is 0 Å². The average molecular weight is 431 g/mol. The number of piperidine rings is 1. The summed E-state index contributed by atoms with van der Waals surface area (Å²) in [6.45, 7) is 4.01. The number of nitrogens with zero attached hydrogens (tertiary/aromatic N) is 3. The summed E-state index contributed by atoms with van der Waals surface area (Å²) in [4.78, 5) is 17.2. The van der Waals surface area contributed by atoms with Gasteiger partial charge >= 0.3 is 0 Å². The van der Waals surface area contributed by atoms with Gasteiger partial charge in [-0.3, -0.25) is 4.79 Å². The molecule has 8 heteroatoms. The normalized spacial score (nSPS) is 14.6. The van der Waals surface area contributed by atoms with Crippen molar-refractivity contribution in [1.29, 1.82) is 0 Å². The Balaban J connectivity index is 1.39. The number of anilines is 1. The van der Waals surface area contributed by atoms with Crippen LogP contribution in [-0.4, -0.2) is 40.7 Å². The summed E-state index contributed by atoms with van der Waals surface area (Å²) in [6, 6.07) is 11.7. The number of methoxy groups -OCH3 is 1. The summed E-state index contributed by atoms with van der Waals surface area (Å²) in [5, 5.41) is 11.0. The molecule has 4 aromatic rings. The first-order chi connectivity index (χ1) is 15.6. The number of carbonyl (C=O) groups is 1. The van der Waals surface area contributed by atoms with Crippen LogP contribution in [0, 0.1) is 6.92 Å². The van der Waals surface area contributed by atoms with Crippen molar-refractivity contribution in [2.24, 2.45) is 0 Å². The molecule has 1 aromatic carbocycles. The van der Waals surface area contributed by atoms with Crippen molar-refractivity contribution in [3.8, 4) is 17.2 Å². The van der Waals surface area contributed by atoms with Gasteiger partial charge in [0.2, 0.25) is 5.89 Å². The highest BCUT2D eigenvalue weighted by Crippen LogP contribution is 2.30. The van der Waals surface area contributed by atoms with E-state index in [2.05, 4.69) is 21.7 Å². The van der Waals surface area contributed by atoms with E-state index in [0.717, 1.165) is 48.3 Å². The highest BCUT2D eigenvalue weighted by atomic mass is 16.5. The average Bonchev–Trinajstić information content (AvgIpc) is 3.46. The van der Waals surface area contributed by atoms with E-state index in [-0.39, 0.29) is 11.6 Å². The number of carbonyl (C=O) groups excluding carboxylic acids is 1. The van der Waals surface area contributed by atoms with Gasteiger partial charge in [0.1, 0.15) is 6.26 Å². The number of aromatic nitrogens is 3. The van der Waals surface area contributed by atoms with Gasteiger partial charge in [0, 0.05) is 11.5 Å². The number of amides is 1. The van der Waals surface area contributed by atoms with Crippen LogP contribution in [0.1, 0.15) is 40.5 Å². The van der Waals surface area contributed by atoms with Crippen molar-refractivity contribution >= 4 is 17.1 Å². The number of rotatable bonds is 5. The monoisotopic (exact) mass is 431 g/mol. The standard InChI is InChI=1S/C24H25N5O3/c1-15-4-3-5-17(10-15)24-27-21(14-32-24)23(30)26-20-12-18-11-19(16-6-8-25-9-7-16)28-29(18)13-22(20)31-2/h3-5,10-14,16,25H,6-9H2,1-2H3,(H,26,30). The molecule has 3 aromatic heterocycles. The maximum absolute atomic E-state index is 12.9. The van der Waals surface area contributed by atoms with Gasteiger partial charge in [-0.25, -0.2) is 9.50 Å². The molecule has 2 N–H and O–H groups in total. The molecule has 0 aliphatic carbocycles. The van der Waals surface area contributed by atoms with Gasteiger partial charge < -0.3 is 19.8 Å². The maximum atomic E-state index is 12.9. The Morgan fingerprint density at radius 2 is 2.09 bits per heavy atom. The SMILES string of the molecule is COc1cn2nc(C3CCNCC3)cc2cc1NC(=O)c1coc(-c2cccc(C)c2)n1. The van der Waals surface area contributed by atoms with Gasteiger partial charge in [-0.2, -0.15) is 5.10 Å². The van der Waals surface area contributed by atoms with E-state index in [4.69, 9.17) is 14.3 Å². The first kappa shape index (κ1) is 20.3. The molecule has 1 saturated heterocycles. The first-order valence-electron chi connectivity index (χ1n) is 10.7. The number of oxazole rings is 1. The molecule has 32 heavy (non-hydrogen) atoms. The first-order valence-corrected chi connectivity index (χ1v) is 10.7. The van der Waals surface area contributed by atoms with Gasteiger partial charge in [-0.1, -0.05) is 17.7 Å². The number of hydrogen-bond donors (Lipinski definition) is 2. The number of ether oxygens (including phenoxy) is 1. The third-order valence-electron chi connectivity index (χ3n) is 5.81. The zero-order chi connectivity index (χ0) is 22.1. The minimum absolute atomic E-state index is 0.201. The summed E-state index contributed by atoms with van der Waals surface area (Å²) in [5.74, 6) is 1.00. The largest absolute Gasteiger partial charge is 0.493 e. The van der Waals surface area contributed by atoms with Crippen LogP contribution in [-0.2, 0) is 0 Å². The van der Waals surface area contributed by atoms with Crippen molar-refractivity contribution in [2.45, 2.75) is 25.7 Å². The Morgan fingerprint density at radius 1 is 1.25 bits per heavy atom. The molecular weight excluding hydrogens is 406 g/mol. The lowest BCUT2D eigenvalue weighted by Gasteiger charge is -2.20. The number of nitrogens with one attached hydrogen (secondary N) is 2. The zero-order valence-electron chi connectivity index (χ0n) is 18.1. The molecule has 1 aliphatic heterocycles. The van der Waals surface area contributed by atoms with Gasteiger partial charge in [0.25, 0.3) is 5.91 Å². The Morgan fingerprint density at radius 3 is 2.88 bits per heavy atom. The fraction of sp³-hybridized carbons (Fsp3) is 0.292. The number of benzene rings is 1. The van der Waals surface area contributed by atoms with Crippen LogP contribution < -0.4 is 15.4 Å². The lowest BCUT2D eigenvalue weighted by atomic mass is 9.95. The minimum atomic E-state index is -0.367. The lowest BCUT2D eigenvalue weighted by molar-refractivity contribution is 0.102. The second kappa shape index (κ2) is 8.47. The fourth-order valence-electron chi connectivity index (χ4n) is 4.09. The summed E-state index contributed by atoms with van der Waals surface area (Å²) < 4.78 is 12.8. The lowest BCUT2D eigenvalue weighted by Crippen LogP contribution is -2.26. The van der Waals surface area contributed by atoms with Gasteiger partial charge in [-0.05, 0) is 57.1 Å². The minimum Gasteiger partial charge on any atom is -0.493 e. The molecule has 0 bridgehead atoms. The van der Waals surface area contributed by atoms with Crippen LogP contribution in [0.3, 0.4) is 0 Å². The quantitative estimate of drug-likeness (QED) is 0.496. The molecule has 164 valence electrons. The van der Waals surface area contributed by atoms with Gasteiger partial charge in [0.05, 0.1) is 30.2 Å². The van der Waals surface area contributed by atoms with Crippen molar-refractivity contribution in [2.75, 3.05) is 25.5 Å². The van der Waals surface area contributed by atoms with Crippen LogP contribution in [0.2, 0.25) is 0 Å². The molecule has 0 spiro atoms. The predicted octanol–water partition coefficient (Wildman–Crippen LogP) is 4.03. The zero-order valence-corrected chi connectivity index (χ0v) is 18.1. The molecule has 0 atom stereocenters. The molecular formula is C24H25N5O3. The van der Waals surface area contributed by atoms with Gasteiger partial charge in [0.15, 0.2) is 11.4 Å². The third-order valence-corrected chi connectivity index (χ3v) is 5.81. The Labute approximate surface area is 185 Å². The summed E-state index contributed by atoms with van der Waals surface area (Å²) >= 11 is 0. The number of pyridine rings is 1. The molecule has 1 amide bonds. The van der Waals surface area contributed by atoms with E-state index in [0.29, 0.717) is 23.2 Å². The highest BCUT2D eigenvalue weighted by Gasteiger charge is 2.20. The maximum Gasteiger partial charge on any atom is 0.277 e. The van der Waals surface area contributed by atoms with Crippen molar-refractivity contribution in [1.82, 2.24) is 19.9 Å². The summed E-state index contributed by atoms with van der Waals surface area (Å²) in [6.07, 6.45) is 5.29. The van der Waals surface area contributed by atoms with Crippen LogP contribution in [0.15, 0.2) is 53.3 Å². The second-order valence-corrected chi connectivity index (χ2v) is 8.08. The Hall–Kier alpha value is -3.65. The number of aryl methyl sites for hydroxylation is 1.